The minimum Gasteiger partial charge on any atom is -0.377 e. The Bertz CT molecular complexity index is 354. The van der Waals surface area contributed by atoms with E-state index in [0.29, 0.717) is 30.9 Å². The van der Waals surface area contributed by atoms with Crippen molar-refractivity contribution in [1.82, 2.24) is 4.72 Å². The van der Waals surface area contributed by atoms with Crippen LogP contribution in [-0.4, -0.2) is 39.3 Å². The fourth-order valence-electron chi connectivity index (χ4n) is 2.90. The van der Waals surface area contributed by atoms with Gasteiger partial charge in [0.15, 0.2) is 0 Å². The Morgan fingerprint density at radius 2 is 1.94 bits per heavy atom. The number of hydrogen-bond acceptors (Lipinski definition) is 3. The molecule has 0 aromatic carbocycles. The second-order valence-corrected chi connectivity index (χ2v) is 7.53. The summed E-state index contributed by atoms with van der Waals surface area (Å²) < 4.78 is 31.9. The van der Waals surface area contributed by atoms with Gasteiger partial charge in [-0.05, 0) is 37.5 Å². The first kappa shape index (κ1) is 14.6. The number of rotatable bonds is 6. The van der Waals surface area contributed by atoms with Crippen molar-refractivity contribution in [3.63, 3.8) is 0 Å². The molecule has 3 unspecified atom stereocenters. The molecule has 3 atom stereocenters. The molecule has 106 valence electrons. The Hall–Kier alpha value is 0.160. The predicted octanol–water partition coefficient (Wildman–Crippen LogP) is 1.74. The fraction of sp³-hybridized carbons (Fsp3) is 1.00. The average Bonchev–Trinajstić information content (AvgIpc) is 2.96. The van der Waals surface area contributed by atoms with Crippen LogP contribution in [-0.2, 0) is 14.8 Å². The van der Waals surface area contributed by atoms with Crippen molar-refractivity contribution < 1.29 is 13.2 Å². The molecular weight excluding hydrogens is 274 g/mol. The molecule has 0 aromatic rings. The molecular formula is C12H22ClNO3S. The number of sulfonamides is 1. The molecule has 0 radical (unpaired) electrons. The summed E-state index contributed by atoms with van der Waals surface area (Å²) in [7, 11) is -3.20. The van der Waals surface area contributed by atoms with Gasteiger partial charge in [0.05, 0.1) is 11.9 Å². The van der Waals surface area contributed by atoms with Gasteiger partial charge in [-0.2, -0.15) is 0 Å². The lowest BCUT2D eigenvalue weighted by atomic mass is 9.98. The van der Waals surface area contributed by atoms with Crippen LogP contribution < -0.4 is 4.72 Å². The number of ether oxygens (including phenoxy) is 1. The van der Waals surface area contributed by atoms with E-state index >= 15 is 0 Å². The molecule has 0 amide bonds. The summed E-state index contributed by atoms with van der Waals surface area (Å²) in [5.41, 5.74) is 0. The molecule has 2 aliphatic rings. The highest BCUT2D eigenvalue weighted by molar-refractivity contribution is 7.89. The summed E-state index contributed by atoms with van der Waals surface area (Å²) in [6.07, 6.45) is 5.08. The molecule has 18 heavy (non-hydrogen) atoms. The maximum atomic E-state index is 11.9. The molecule has 1 saturated heterocycles. The summed E-state index contributed by atoms with van der Waals surface area (Å²) in [6.45, 7) is 1.23. The number of halogens is 1. The van der Waals surface area contributed by atoms with Gasteiger partial charge in [-0.25, -0.2) is 13.1 Å². The van der Waals surface area contributed by atoms with Crippen molar-refractivity contribution in [2.75, 3.05) is 24.8 Å². The fourth-order valence-corrected chi connectivity index (χ4v) is 4.64. The summed E-state index contributed by atoms with van der Waals surface area (Å²) in [5, 5.41) is 0. The lowest BCUT2D eigenvalue weighted by molar-refractivity contribution is 0.127. The minimum absolute atomic E-state index is 0.102. The van der Waals surface area contributed by atoms with E-state index in [1.807, 2.05) is 0 Å². The maximum Gasteiger partial charge on any atom is 0.214 e. The summed E-state index contributed by atoms with van der Waals surface area (Å²) in [6, 6.07) is 0. The van der Waals surface area contributed by atoms with Crippen LogP contribution in [0.2, 0.25) is 0 Å². The molecule has 2 rings (SSSR count). The summed E-state index contributed by atoms with van der Waals surface area (Å²) >= 11 is 5.89. The zero-order valence-corrected chi connectivity index (χ0v) is 12.2. The highest BCUT2D eigenvalue weighted by Crippen LogP contribution is 2.32. The second kappa shape index (κ2) is 6.55. The van der Waals surface area contributed by atoms with Crippen molar-refractivity contribution in [1.29, 1.82) is 0 Å². The molecule has 1 saturated carbocycles. The first-order chi connectivity index (χ1) is 8.61. The van der Waals surface area contributed by atoms with Gasteiger partial charge >= 0.3 is 0 Å². The Morgan fingerprint density at radius 3 is 2.61 bits per heavy atom. The smallest absolute Gasteiger partial charge is 0.214 e. The van der Waals surface area contributed by atoms with E-state index in [2.05, 4.69) is 4.72 Å². The molecule has 1 heterocycles. The SMILES string of the molecule is O=S(=O)(CC1CCCO1)NCC1CCCC1CCl. The molecule has 0 bridgehead atoms. The van der Waals surface area contributed by atoms with Gasteiger partial charge in [0.2, 0.25) is 10.0 Å². The largest absolute Gasteiger partial charge is 0.377 e. The predicted molar refractivity (Wildman–Crippen MR) is 72.3 cm³/mol. The molecule has 0 spiro atoms. The van der Waals surface area contributed by atoms with Crippen LogP contribution in [0.5, 0.6) is 0 Å². The average molecular weight is 296 g/mol. The Balaban J connectivity index is 1.77. The van der Waals surface area contributed by atoms with Crippen molar-refractivity contribution in [3.05, 3.63) is 0 Å². The third kappa shape index (κ3) is 4.08. The van der Waals surface area contributed by atoms with Gasteiger partial charge in [-0.15, -0.1) is 11.6 Å². The number of nitrogens with one attached hydrogen (secondary N) is 1. The standard InChI is InChI=1S/C12H22ClNO3S/c13-7-10-3-1-4-11(10)8-14-18(15,16)9-12-5-2-6-17-12/h10-12,14H,1-9H2. The van der Waals surface area contributed by atoms with Crippen LogP contribution in [0.25, 0.3) is 0 Å². The van der Waals surface area contributed by atoms with Crippen molar-refractivity contribution in [2.24, 2.45) is 11.8 Å². The van der Waals surface area contributed by atoms with Crippen molar-refractivity contribution in [2.45, 2.75) is 38.2 Å². The van der Waals surface area contributed by atoms with Crippen LogP contribution in [0, 0.1) is 11.8 Å². The minimum atomic E-state index is -3.20. The first-order valence-corrected chi connectivity index (χ1v) is 8.94. The lowest BCUT2D eigenvalue weighted by Gasteiger charge is -2.18. The third-order valence-electron chi connectivity index (χ3n) is 4.01. The zero-order valence-electron chi connectivity index (χ0n) is 10.6. The molecule has 1 N–H and O–H groups in total. The van der Waals surface area contributed by atoms with Gasteiger partial charge < -0.3 is 4.74 Å². The quantitative estimate of drug-likeness (QED) is 0.760. The first-order valence-electron chi connectivity index (χ1n) is 6.75. The van der Waals surface area contributed by atoms with E-state index in [1.165, 1.54) is 0 Å². The van der Waals surface area contributed by atoms with Crippen LogP contribution >= 0.6 is 11.6 Å². The monoisotopic (exact) mass is 295 g/mol. The Kier molecular flexibility index (Phi) is 5.30. The van der Waals surface area contributed by atoms with Gasteiger partial charge in [-0.1, -0.05) is 6.42 Å². The lowest BCUT2D eigenvalue weighted by Crippen LogP contribution is -2.36. The van der Waals surface area contributed by atoms with Crippen molar-refractivity contribution in [3.8, 4) is 0 Å². The number of hydrogen-bond donors (Lipinski definition) is 1. The van der Waals surface area contributed by atoms with Gasteiger partial charge in [0.25, 0.3) is 0 Å². The second-order valence-electron chi connectivity index (χ2n) is 5.37. The van der Waals surface area contributed by atoms with Crippen LogP contribution in [0.1, 0.15) is 32.1 Å². The van der Waals surface area contributed by atoms with E-state index in [9.17, 15) is 8.42 Å². The molecule has 2 fully saturated rings. The third-order valence-corrected chi connectivity index (χ3v) is 5.82. The molecule has 4 nitrogen and oxygen atoms in total. The maximum absolute atomic E-state index is 11.9. The van der Waals surface area contributed by atoms with Crippen LogP contribution in [0.3, 0.4) is 0 Å². The zero-order chi connectivity index (χ0) is 13.0. The van der Waals surface area contributed by atoms with Crippen LogP contribution in [0.4, 0.5) is 0 Å². The highest BCUT2D eigenvalue weighted by atomic mass is 35.5. The molecule has 0 aromatic heterocycles. The van der Waals surface area contributed by atoms with Crippen LogP contribution in [0.15, 0.2) is 0 Å². The van der Waals surface area contributed by atoms with E-state index in [0.717, 1.165) is 32.1 Å². The Labute approximate surface area is 114 Å². The normalized spacial score (nSPS) is 33.1. The summed E-state index contributed by atoms with van der Waals surface area (Å²) in [4.78, 5) is 0. The van der Waals surface area contributed by atoms with E-state index < -0.39 is 10.0 Å². The molecule has 1 aliphatic heterocycles. The van der Waals surface area contributed by atoms with Crippen molar-refractivity contribution >= 4 is 21.6 Å². The molecule has 6 heteroatoms. The van der Waals surface area contributed by atoms with E-state index in [-0.39, 0.29) is 11.9 Å². The van der Waals surface area contributed by atoms with Gasteiger partial charge in [0.1, 0.15) is 0 Å². The Morgan fingerprint density at radius 1 is 1.17 bits per heavy atom. The highest BCUT2D eigenvalue weighted by Gasteiger charge is 2.29. The summed E-state index contributed by atoms with van der Waals surface area (Å²) in [5.74, 6) is 1.61. The number of alkyl halides is 1. The molecule has 1 aliphatic carbocycles. The van der Waals surface area contributed by atoms with E-state index in [4.69, 9.17) is 16.3 Å². The van der Waals surface area contributed by atoms with Gasteiger partial charge in [0, 0.05) is 19.0 Å². The van der Waals surface area contributed by atoms with E-state index in [1.54, 1.807) is 0 Å². The topological polar surface area (TPSA) is 55.4 Å². The van der Waals surface area contributed by atoms with Gasteiger partial charge in [-0.3, -0.25) is 0 Å².